The third-order valence-corrected chi connectivity index (χ3v) is 2.61. The second kappa shape index (κ2) is 7.31. The summed E-state index contributed by atoms with van der Waals surface area (Å²) in [6, 6.07) is 7.75. The molecule has 0 aliphatic rings. The zero-order valence-electron chi connectivity index (χ0n) is 11.0. The second-order valence-electron chi connectivity index (χ2n) is 4.16. The van der Waals surface area contributed by atoms with Crippen LogP contribution in [0.15, 0.2) is 30.3 Å². The smallest absolute Gasteiger partial charge is 0.328 e. The standard InChI is InChI=1S/C14H17NO4/c1-10(16)8-9-12(14(18)19-2)15-13(17)11-6-4-3-5-7-11/h3-7,12H,8-9H2,1-2H3,(H,15,17)/t12-/m1/s1. The van der Waals surface area contributed by atoms with Crippen LogP contribution in [0.1, 0.15) is 30.1 Å². The van der Waals surface area contributed by atoms with Crippen LogP contribution in [-0.4, -0.2) is 30.8 Å². The molecule has 1 rings (SSSR count). The number of hydrogen-bond donors (Lipinski definition) is 1. The van der Waals surface area contributed by atoms with Crippen LogP contribution in [0.3, 0.4) is 0 Å². The van der Waals surface area contributed by atoms with Gasteiger partial charge >= 0.3 is 5.97 Å². The highest BCUT2D eigenvalue weighted by molar-refractivity contribution is 5.96. The zero-order chi connectivity index (χ0) is 14.3. The second-order valence-corrected chi connectivity index (χ2v) is 4.16. The lowest BCUT2D eigenvalue weighted by atomic mass is 10.1. The van der Waals surface area contributed by atoms with E-state index in [0.29, 0.717) is 5.56 Å². The molecule has 1 aromatic rings. The number of carbonyl (C=O) groups is 3. The molecule has 5 nitrogen and oxygen atoms in total. The minimum Gasteiger partial charge on any atom is -0.467 e. The van der Waals surface area contributed by atoms with E-state index in [1.54, 1.807) is 30.3 Å². The van der Waals surface area contributed by atoms with Gasteiger partial charge < -0.3 is 14.8 Å². The minimum absolute atomic E-state index is 0.0390. The largest absolute Gasteiger partial charge is 0.467 e. The Morgan fingerprint density at radius 1 is 1.21 bits per heavy atom. The zero-order valence-corrected chi connectivity index (χ0v) is 11.0. The van der Waals surface area contributed by atoms with Crippen molar-refractivity contribution in [2.75, 3.05) is 7.11 Å². The van der Waals surface area contributed by atoms with Gasteiger partial charge in [-0.25, -0.2) is 4.79 Å². The van der Waals surface area contributed by atoms with Crippen LogP contribution in [0, 0.1) is 0 Å². The summed E-state index contributed by atoms with van der Waals surface area (Å²) < 4.78 is 4.62. The molecule has 1 atom stereocenters. The number of ether oxygens (including phenoxy) is 1. The normalized spacial score (nSPS) is 11.5. The predicted octanol–water partition coefficient (Wildman–Crippen LogP) is 1.33. The van der Waals surface area contributed by atoms with E-state index in [1.165, 1.54) is 14.0 Å². The van der Waals surface area contributed by atoms with Gasteiger partial charge in [-0.1, -0.05) is 18.2 Å². The molecule has 0 unspecified atom stereocenters. The van der Waals surface area contributed by atoms with E-state index in [2.05, 4.69) is 10.1 Å². The fourth-order valence-electron chi connectivity index (χ4n) is 1.57. The molecule has 1 amide bonds. The van der Waals surface area contributed by atoms with E-state index in [4.69, 9.17) is 0 Å². The van der Waals surface area contributed by atoms with Gasteiger partial charge in [-0.3, -0.25) is 4.79 Å². The Morgan fingerprint density at radius 2 is 1.84 bits per heavy atom. The van der Waals surface area contributed by atoms with E-state index in [1.807, 2.05) is 0 Å². The number of esters is 1. The summed E-state index contributed by atoms with van der Waals surface area (Å²) in [6.45, 7) is 1.44. The van der Waals surface area contributed by atoms with Gasteiger partial charge in [0.2, 0.25) is 0 Å². The van der Waals surface area contributed by atoms with Crippen LogP contribution in [0.25, 0.3) is 0 Å². The third kappa shape index (κ3) is 4.91. The van der Waals surface area contributed by atoms with Crippen LogP contribution in [0.2, 0.25) is 0 Å². The van der Waals surface area contributed by atoms with Crippen molar-refractivity contribution in [2.24, 2.45) is 0 Å². The number of nitrogens with one attached hydrogen (secondary N) is 1. The van der Waals surface area contributed by atoms with Gasteiger partial charge in [0.15, 0.2) is 0 Å². The monoisotopic (exact) mass is 263 g/mol. The quantitative estimate of drug-likeness (QED) is 0.786. The predicted molar refractivity (Wildman–Crippen MR) is 69.6 cm³/mol. The van der Waals surface area contributed by atoms with Crippen LogP contribution >= 0.6 is 0 Å². The molecule has 1 aromatic carbocycles. The molecule has 19 heavy (non-hydrogen) atoms. The molecule has 0 aromatic heterocycles. The van der Waals surface area contributed by atoms with E-state index in [0.717, 1.165) is 0 Å². The number of amides is 1. The van der Waals surface area contributed by atoms with Crippen molar-refractivity contribution in [1.82, 2.24) is 5.32 Å². The summed E-state index contributed by atoms with van der Waals surface area (Å²) in [5.41, 5.74) is 0.458. The summed E-state index contributed by atoms with van der Waals surface area (Å²) in [5.74, 6) is -0.951. The number of methoxy groups -OCH3 is 1. The molecular formula is C14H17NO4. The first-order valence-corrected chi connectivity index (χ1v) is 5.97. The van der Waals surface area contributed by atoms with E-state index in [9.17, 15) is 14.4 Å². The molecule has 0 saturated heterocycles. The van der Waals surface area contributed by atoms with Crippen molar-refractivity contribution in [3.05, 3.63) is 35.9 Å². The van der Waals surface area contributed by atoms with Crippen molar-refractivity contribution in [1.29, 1.82) is 0 Å². The highest BCUT2D eigenvalue weighted by Gasteiger charge is 2.22. The van der Waals surface area contributed by atoms with Gasteiger partial charge in [-0.2, -0.15) is 0 Å². The highest BCUT2D eigenvalue weighted by atomic mass is 16.5. The Bertz CT molecular complexity index is 456. The summed E-state index contributed by atoms with van der Waals surface area (Å²) in [4.78, 5) is 34.4. The van der Waals surface area contributed by atoms with Crippen molar-refractivity contribution < 1.29 is 19.1 Å². The van der Waals surface area contributed by atoms with Gasteiger partial charge in [-0.05, 0) is 25.5 Å². The molecule has 5 heteroatoms. The molecule has 0 radical (unpaired) electrons. The summed E-state index contributed by atoms with van der Waals surface area (Å²) in [7, 11) is 1.25. The lowest BCUT2D eigenvalue weighted by molar-refractivity contribution is -0.143. The van der Waals surface area contributed by atoms with Gasteiger partial charge in [0.05, 0.1) is 7.11 Å². The van der Waals surface area contributed by atoms with Crippen LogP contribution < -0.4 is 5.32 Å². The van der Waals surface area contributed by atoms with Crippen molar-refractivity contribution in [3.63, 3.8) is 0 Å². The Hall–Kier alpha value is -2.17. The first-order chi connectivity index (χ1) is 9.04. The lowest BCUT2D eigenvalue weighted by Crippen LogP contribution is -2.41. The summed E-state index contributed by atoms with van der Waals surface area (Å²) >= 11 is 0. The maximum absolute atomic E-state index is 11.9. The topological polar surface area (TPSA) is 72.5 Å². The van der Waals surface area contributed by atoms with Crippen LogP contribution in [0.4, 0.5) is 0 Å². The highest BCUT2D eigenvalue weighted by Crippen LogP contribution is 2.04. The van der Waals surface area contributed by atoms with Crippen molar-refractivity contribution >= 4 is 17.7 Å². The van der Waals surface area contributed by atoms with Gasteiger partial charge in [0, 0.05) is 12.0 Å². The summed E-state index contributed by atoms with van der Waals surface area (Å²) in [5, 5.41) is 2.57. The van der Waals surface area contributed by atoms with Gasteiger partial charge in [0.25, 0.3) is 5.91 Å². The molecule has 102 valence electrons. The van der Waals surface area contributed by atoms with Crippen molar-refractivity contribution in [3.8, 4) is 0 Å². The number of benzene rings is 1. The molecular weight excluding hydrogens is 246 g/mol. The average Bonchev–Trinajstić information content (AvgIpc) is 2.43. The molecule has 0 bridgehead atoms. The molecule has 0 spiro atoms. The molecule has 1 N–H and O–H groups in total. The third-order valence-electron chi connectivity index (χ3n) is 2.61. The number of carbonyl (C=O) groups excluding carboxylic acids is 3. The van der Waals surface area contributed by atoms with Crippen LogP contribution in [-0.2, 0) is 14.3 Å². The Kier molecular flexibility index (Phi) is 5.73. The maximum atomic E-state index is 11.9. The average molecular weight is 263 g/mol. The van der Waals surface area contributed by atoms with E-state index < -0.39 is 12.0 Å². The first-order valence-electron chi connectivity index (χ1n) is 5.97. The van der Waals surface area contributed by atoms with Gasteiger partial charge in [-0.15, -0.1) is 0 Å². The fraction of sp³-hybridized carbons (Fsp3) is 0.357. The number of rotatable bonds is 6. The number of ketones is 1. The Labute approximate surface area is 111 Å². The molecule has 0 saturated carbocycles. The number of hydrogen-bond acceptors (Lipinski definition) is 4. The summed E-state index contributed by atoms with van der Waals surface area (Å²) in [6.07, 6.45) is 0.454. The SMILES string of the molecule is COC(=O)[C@@H](CCC(C)=O)NC(=O)c1ccccc1. The molecule has 0 aliphatic heterocycles. The Balaban J connectivity index is 2.69. The van der Waals surface area contributed by atoms with E-state index >= 15 is 0 Å². The molecule has 0 heterocycles. The lowest BCUT2D eigenvalue weighted by Gasteiger charge is -2.15. The van der Waals surface area contributed by atoms with E-state index in [-0.39, 0.29) is 24.5 Å². The molecule has 0 aliphatic carbocycles. The Morgan fingerprint density at radius 3 is 2.37 bits per heavy atom. The fourth-order valence-corrected chi connectivity index (χ4v) is 1.57. The maximum Gasteiger partial charge on any atom is 0.328 e. The minimum atomic E-state index is -0.804. The van der Waals surface area contributed by atoms with Gasteiger partial charge in [0.1, 0.15) is 11.8 Å². The number of Topliss-reactive ketones (excluding diaryl/α,β-unsaturated/α-hetero) is 1. The molecule has 0 fully saturated rings. The first kappa shape index (κ1) is 14.9. The van der Waals surface area contributed by atoms with Crippen LogP contribution in [0.5, 0.6) is 0 Å². The van der Waals surface area contributed by atoms with Crippen molar-refractivity contribution in [2.45, 2.75) is 25.8 Å².